The molecule has 0 aromatic rings. The van der Waals surface area contributed by atoms with Gasteiger partial charge in [0.05, 0.1) is 0 Å². The molecular formula is C14H21NaO2. The number of carbonyl (C=O) groups is 2. The third kappa shape index (κ3) is 6.97. The molecule has 0 bridgehead atoms. The average molecular weight is 244 g/mol. The van der Waals surface area contributed by atoms with Crippen LogP contribution in [0.5, 0.6) is 0 Å². The molecule has 0 saturated heterocycles. The van der Waals surface area contributed by atoms with Crippen LogP contribution in [0, 0.1) is 0 Å². The van der Waals surface area contributed by atoms with Crippen LogP contribution in [0.3, 0.4) is 0 Å². The fourth-order valence-corrected chi connectivity index (χ4v) is 1.85. The zero-order chi connectivity index (χ0) is 11.8. The number of allylic oxidation sites excluding steroid dienone is 4. The summed E-state index contributed by atoms with van der Waals surface area (Å²) in [5.74, 6) is -0.0475. The van der Waals surface area contributed by atoms with E-state index in [2.05, 4.69) is 6.92 Å². The maximum Gasteiger partial charge on any atom is 1.00 e. The monoisotopic (exact) mass is 244 g/mol. The first-order valence-corrected chi connectivity index (χ1v) is 6.21. The third-order valence-corrected chi connectivity index (χ3v) is 2.83. The van der Waals surface area contributed by atoms with Crippen molar-refractivity contribution in [2.45, 2.75) is 51.9 Å². The van der Waals surface area contributed by atoms with Gasteiger partial charge in [-0.1, -0.05) is 39.0 Å². The van der Waals surface area contributed by atoms with Crippen LogP contribution in [0.2, 0.25) is 0 Å². The Morgan fingerprint density at radius 3 is 2.35 bits per heavy atom. The van der Waals surface area contributed by atoms with Gasteiger partial charge in [-0.3, -0.25) is 9.59 Å². The molecule has 0 atom stereocenters. The molecule has 0 heterocycles. The second kappa shape index (κ2) is 9.81. The van der Waals surface area contributed by atoms with E-state index < -0.39 is 0 Å². The Balaban J connectivity index is 0. The van der Waals surface area contributed by atoms with E-state index in [-0.39, 0.29) is 42.6 Å². The molecule has 0 fully saturated rings. The summed E-state index contributed by atoms with van der Waals surface area (Å²) in [6, 6.07) is 0. The van der Waals surface area contributed by atoms with Crippen LogP contribution in [-0.4, -0.2) is 11.6 Å². The molecule has 0 spiro atoms. The molecule has 0 amide bonds. The predicted molar refractivity (Wildman–Crippen MR) is 66.3 cm³/mol. The van der Waals surface area contributed by atoms with Gasteiger partial charge in [0.2, 0.25) is 0 Å². The quantitative estimate of drug-likeness (QED) is 0.371. The van der Waals surface area contributed by atoms with Crippen LogP contribution in [0.25, 0.3) is 0 Å². The van der Waals surface area contributed by atoms with E-state index in [1.165, 1.54) is 43.9 Å². The minimum Gasteiger partial charge on any atom is -1.00 e. The van der Waals surface area contributed by atoms with Crippen molar-refractivity contribution >= 4 is 11.6 Å². The van der Waals surface area contributed by atoms with Gasteiger partial charge in [-0.2, -0.15) is 0 Å². The Labute approximate surface area is 127 Å². The minimum atomic E-state index is -0.0550. The van der Waals surface area contributed by atoms with Crippen molar-refractivity contribution in [3.8, 4) is 0 Å². The van der Waals surface area contributed by atoms with Crippen LogP contribution >= 0.6 is 0 Å². The first-order chi connectivity index (χ1) is 7.74. The largest absolute Gasteiger partial charge is 1.00 e. The van der Waals surface area contributed by atoms with Crippen molar-refractivity contribution in [1.82, 2.24) is 0 Å². The number of rotatable bonds is 7. The standard InChI is InChI=1S/C14H20O2.Na.H/c1-2-3-4-5-6-7-8-12-11-13(15)9-10-14(12)16;;/h9-11H,2-8H2,1H3;;/q;+1;-1. The maximum atomic E-state index is 11.4. The summed E-state index contributed by atoms with van der Waals surface area (Å²) >= 11 is 0. The van der Waals surface area contributed by atoms with Gasteiger partial charge < -0.3 is 1.43 Å². The topological polar surface area (TPSA) is 34.1 Å². The average Bonchev–Trinajstić information content (AvgIpc) is 2.28. The second-order valence-electron chi connectivity index (χ2n) is 4.29. The minimum absolute atomic E-state index is 0. The van der Waals surface area contributed by atoms with Crippen molar-refractivity contribution in [2.75, 3.05) is 0 Å². The summed E-state index contributed by atoms with van der Waals surface area (Å²) < 4.78 is 0. The molecule has 17 heavy (non-hydrogen) atoms. The molecule has 1 aliphatic rings. The maximum absolute atomic E-state index is 11.4. The van der Waals surface area contributed by atoms with Gasteiger partial charge in [-0.25, -0.2) is 0 Å². The number of hydrogen-bond donors (Lipinski definition) is 0. The van der Waals surface area contributed by atoms with Crippen LogP contribution in [0.4, 0.5) is 0 Å². The molecule has 90 valence electrons. The van der Waals surface area contributed by atoms with Gasteiger partial charge >= 0.3 is 29.6 Å². The third-order valence-electron chi connectivity index (χ3n) is 2.83. The van der Waals surface area contributed by atoms with Crippen molar-refractivity contribution in [2.24, 2.45) is 0 Å². The van der Waals surface area contributed by atoms with Crippen molar-refractivity contribution in [1.29, 1.82) is 0 Å². The molecule has 0 aromatic heterocycles. The van der Waals surface area contributed by atoms with Gasteiger partial charge in [0, 0.05) is 5.57 Å². The molecule has 3 heteroatoms. The number of carbonyl (C=O) groups excluding carboxylic acids is 2. The Hall–Kier alpha value is -0.180. The Morgan fingerprint density at radius 2 is 1.65 bits per heavy atom. The molecule has 0 saturated carbocycles. The van der Waals surface area contributed by atoms with Gasteiger partial charge in [0.15, 0.2) is 11.6 Å². The molecule has 0 aliphatic heterocycles. The van der Waals surface area contributed by atoms with Crippen molar-refractivity contribution in [3.05, 3.63) is 23.8 Å². The zero-order valence-electron chi connectivity index (χ0n) is 12.0. The summed E-state index contributed by atoms with van der Waals surface area (Å²) in [5.41, 5.74) is 0.683. The van der Waals surface area contributed by atoms with Crippen LogP contribution < -0.4 is 29.6 Å². The first-order valence-electron chi connectivity index (χ1n) is 6.21. The SMILES string of the molecule is CCCCCCCCC1=CC(=O)C=CC1=O.[H-].[Na+]. The molecule has 0 radical (unpaired) electrons. The van der Waals surface area contributed by atoms with E-state index in [4.69, 9.17) is 0 Å². The number of hydrogen-bond acceptors (Lipinski definition) is 2. The van der Waals surface area contributed by atoms with Crippen LogP contribution in [-0.2, 0) is 9.59 Å². The van der Waals surface area contributed by atoms with E-state index in [1.54, 1.807) is 0 Å². The van der Waals surface area contributed by atoms with Crippen molar-refractivity contribution < 1.29 is 40.6 Å². The Kier molecular flexibility index (Phi) is 9.71. The van der Waals surface area contributed by atoms with E-state index in [1.807, 2.05) is 0 Å². The first kappa shape index (κ1) is 16.8. The number of unbranched alkanes of at least 4 members (excludes halogenated alkanes) is 5. The molecule has 0 aromatic carbocycles. The fraction of sp³-hybridized carbons (Fsp3) is 0.571. The van der Waals surface area contributed by atoms with Gasteiger partial charge in [-0.15, -0.1) is 0 Å². The number of ketones is 2. The Bertz CT molecular complexity index is 322. The predicted octanol–water partition coefficient (Wildman–Crippen LogP) is 0.488. The smallest absolute Gasteiger partial charge is 1.00 e. The van der Waals surface area contributed by atoms with Gasteiger partial charge in [0.25, 0.3) is 0 Å². The molecule has 0 N–H and O–H groups in total. The molecule has 0 unspecified atom stereocenters. The summed E-state index contributed by atoms with van der Waals surface area (Å²) in [7, 11) is 0. The summed E-state index contributed by atoms with van der Waals surface area (Å²) in [4.78, 5) is 22.5. The van der Waals surface area contributed by atoms with E-state index in [9.17, 15) is 9.59 Å². The summed E-state index contributed by atoms with van der Waals surface area (Å²) in [6.07, 6.45) is 12.2. The van der Waals surface area contributed by atoms with E-state index >= 15 is 0 Å². The summed E-state index contributed by atoms with van der Waals surface area (Å²) in [6.45, 7) is 2.20. The van der Waals surface area contributed by atoms with Gasteiger partial charge in [-0.05, 0) is 31.1 Å². The molecule has 1 aliphatic carbocycles. The van der Waals surface area contributed by atoms with Gasteiger partial charge in [0.1, 0.15) is 0 Å². The summed E-state index contributed by atoms with van der Waals surface area (Å²) in [5, 5.41) is 0. The Morgan fingerprint density at radius 1 is 1.00 bits per heavy atom. The van der Waals surface area contributed by atoms with Crippen LogP contribution in [0.15, 0.2) is 23.8 Å². The van der Waals surface area contributed by atoms with E-state index in [0.29, 0.717) is 5.57 Å². The van der Waals surface area contributed by atoms with Crippen molar-refractivity contribution in [3.63, 3.8) is 0 Å². The van der Waals surface area contributed by atoms with Crippen LogP contribution in [0.1, 0.15) is 53.3 Å². The second-order valence-corrected chi connectivity index (χ2v) is 4.29. The normalized spacial score (nSPS) is 14.5. The molecule has 1 rings (SSSR count). The molecular weight excluding hydrogens is 223 g/mol. The molecule has 2 nitrogen and oxygen atoms in total. The van der Waals surface area contributed by atoms with E-state index in [0.717, 1.165) is 19.3 Å². The fourth-order valence-electron chi connectivity index (χ4n) is 1.85. The zero-order valence-corrected chi connectivity index (χ0v) is 13.0.